The maximum absolute atomic E-state index is 12.2. The van der Waals surface area contributed by atoms with Crippen LogP contribution in [0.5, 0.6) is 0 Å². The molecule has 2 aromatic carbocycles. The van der Waals surface area contributed by atoms with E-state index in [4.69, 9.17) is 0 Å². The highest BCUT2D eigenvalue weighted by Crippen LogP contribution is 2.22. The van der Waals surface area contributed by atoms with E-state index in [0.717, 1.165) is 35.6 Å². The van der Waals surface area contributed by atoms with E-state index in [-0.39, 0.29) is 12.5 Å². The number of rotatable bonds is 5. The molecular formula is C20H25N3O. The Bertz CT molecular complexity index is 683. The highest BCUT2D eigenvalue weighted by Gasteiger charge is 2.12. The van der Waals surface area contributed by atoms with Crippen molar-refractivity contribution in [3.63, 3.8) is 0 Å². The lowest BCUT2D eigenvalue weighted by Gasteiger charge is -2.18. The number of carbonyl (C=O) groups is 1. The molecule has 1 fully saturated rings. The number of carbonyl (C=O) groups excluding carboxylic acids is 1. The number of para-hydroxylation sites is 1. The number of nitrogens with one attached hydrogen (secondary N) is 2. The van der Waals surface area contributed by atoms with E-state index in [1.54, 1.807) is 0 Å². The van der Waals surface area contributed by atoms with Gasteiger partial charge in [-0.05, 0) is 62.1 Å². The van der Waals surface area contributed by atoms with E-state index in [9.17, 15) is 4.79 Å². The van der Waals surface area contributed by atoms with Gasteiger partial charge in [0.1, 0.15) is 0 Å². The van der Waals surface area contributed by atoms with Crippen molar-refractivity contribution in [2.45, 2.75) is 26.7 Å². The molecule has 1 saturated heterocycles. The molecule has 0 saturated carbocycles. The molecule has 4 heteroatoms. The van der Waals surface area contributed by atoms with Crippen LogP contribution in [0.25, 0.3) is 0 Å². The Morgan fingerprint density at radius 3 is 2.25 bits per heavy atom. The predicted octanol–water partition coefficient (Wildman–Crippen LogP) is 3.95. The maximum Gasteiger partial charge on any atom is 0.243 e. The standard InChI is InChI=1S/C20H25N3O/c1-15-6-5-7-16(2)20(15)21-14-19(24)22-17-8-10-18(11-9-17)23-12-3-4-13-23/h5-11,21H,3-4,12-14H2,1-2H3,(H,22,24). The summed E-state index contributed by atoms with van der Waals surface area (Å²) in [4.78, 5) is 14.5. The molecule has 0 radical (unpaired) electrons. The first kappa shape index (κ1) is 16.4. The smallest absolute Gasteiger partial charge is 0.243 e. The highest BCUT2D eigenvalue weighted by molar-refractivity contribution is 5.94. The molecule has 126 valence electrons. The van der Waals surface area contributed by atoms with Crippen molar-refractivity contribution < 1.29 is 4.79 Å². The van der Waals surface area contributed by atoms with Crippen molar-refractivity contribution in [1.82, 2.24) is 0 Å². The monoisotopic (exact) mass is 323 g/mol. The van der Waals surface area contributed by atoms with Gasteiger partial charge in [-0.1, -0.05) is 18.2 Å². The summed E-state index contributed by atoms with van der Waals surface area (Å²) in [5.41, 5.74) is 5.41. The lowest BCUT2D eigenvalue weighted by atomic mass is 10.1. The molecule has 2 aromatic rings. The quantitative estimate of drug-likeness (QED) is 0.875. The van der Waals surface area contributed by atoms with Crippen molar-refractivity contribution >= 4 is 23.0 Å². The summed E-state index contributed by atoms with van der Waals surface area (Å²) < 4.78 is 0. The average Bonchev–Trinajstić information content (AvgIpc) is 3.09. The molecule has 3 rings (SSSR count). The third kappa shape index (κ3) is 3.88. The highest BCUT2D eigenvalue weighted by atomic mass is 16.1. The van der Waals surface area contributed by atoms with E-state index in [1.165, 1.54) is 18.5 Å². The minimum absolute atomic E-state index is 0.0356. The van der Waals surface area contributed by atoms with Crippen LogP contribution in [0.1, 0.15) is 24.0 Å². The molecule has 1 aliphatic heterocycles. The van der Waals surface area contributed by atoms with Crippen molar-refractivity contribution in [2.24, 2.45) is 0 Å². The second kappa shape index (κ2) is 7.39. The number of amides is 1. The Hall–Kier alpha value is -2.49. The molecule has 0 unspecified atom stereocenters. The fraction of sp³-hybridized carbons (Fsp3) is 0.350. The number of anilines is 3. The molecule has 0 bridgehead atoms. The van der Waals surface area contributed by atoms with Crippen LogP contribution in [0.4, 0.5) is 17.1 Å². The lowest BCUT2D eigenvalue weighted by molar-refractivity contribution is -0.114. The van der Waals surface area contributed by atoms with Gasteiger partial charge in [0.05, 0.1) is 6.54 Å². The third-order valence-corrected chi connectivity index (χ3v) is 4.53. The van der Waals surface area contributed by atoms with Gasteiger partial charge < -0.3 is 15.5 Å². The minimum atomic E-state index is -0.0356. The summed E-state index contributed by atoms with van der Waals surface area (Å²) in [6, 6.07) is 14.2. The summed E-state index contributed by atoms with van der Waals surface area (Å²) in [6.45, 7) is 6.62. The molecule has 4 nitrogen and oxygen atoms in total. The Morgan fingerprint density at radius 1 is 1.00 bits per heavy atom. The van der Waals surface area contributed by atoms with Gasteiger partial charge in [0, 0.05) is 30.2 Å². The van der Waals surface area contributed by atoms with Crippen LogP contribution in [-0.4, -0.2) is 25.5 Å². The number of nitrogens with zero attached hydrogens (tertiary/aromatic N) is 1. The zero-order chi connectivity index (χ0) is 16.9. The van der Waals surface area contributed by atoms with E-state index in [1.807, 2.05) is 44.2 Å². The van der Waals surface area contributed by atoms with Crippen LogP contribution in [-0.2, 0) is 4.79 Å². The van der Waals surface area contributed by atoms with Crippen LogP contribution in [0, 0.1) is 13.8 Å². The van der Waals surface area contributed by atoms with Gasteiger partial charge in [-0.25, -0.2) is 0 Å². The van der Waals surface area contributed by atoms with Crippen LogP contribution in [0.2, 0.25) is 0 Å². The minimum Gasteiger partial charge on any atom is -0.376 e. The second-order valence-electron chi connectivity index (χ2n) is 6.41. The molecule has 0 spiro atoms. The SMILES string of the molecule is Cc1cccc(C)c1NCC(=O)Nc1ccc(N2CCCC2)cc1. The summed E-state index contributed by atoms with van der Waals surface area (Å²) in [7, 11) is 0. The molecular weight excluding hydrogens is 298 g/mol. The van der Waals surface area contributed by atoms with Crippen LogP contribution in [0.15, 0.2) is 42.5 Å². The Kier molecular flexibility index (Phi) is 5.04. The van der Waals surface area contributed by atoms with Crippen molar-refractivity contribution in [1.29, 1.82) is 0 Å². The first-order chi connectivity index (χ1) is 11.6. The average molecular weight is 323 g/mol. The van der Waals surface area contributed by atoms with E-state index in [2.05, 4.69) is 27.7 Å². The number of aryl methyl sites for hydroxylation is 2. The Morgan fingerprint density at radius 2 is 1.62 bits per heavy atom. The molecule has 24 heavy (non-hydrogen) atoms. The second-order valence-corrected chi connectivity index (χ2v) is 6.41. The van der Waals surface area contributed by atoms with E-state index < -0.39 is 0 Å². The van der Waals surface area contributed by atoms with Crippen molar-refractivity contribution in [2.75, 3.05) is 35.2 Å². The summed E-state index contributed by atoms with van der Waals surface area (Å²) >= 11 is 0. The van der Waals surface area contributed by atoms with Gasteiger partial charge >= 0.3 is 0 Å². The first-order valence-electron chi connectivity index (χ1n) is 8.58. The molecule has 0 aromatic heterocycles. The number of hydrogen-bond donors (Lipinski definition) is 2. The largest absolute Gasteiger partial charge is 0.376 e. The van der Waals surface area contributed by atoms with E-state index in [0.29, 0.717) is 0 Å². The molecule has 1 amide bonds. The van der Waals surface area contributed by atoms with Crippen molar-refractivity contribution in [3.05, 3.63) is 53.6 Å². The van der Waals surface area contributed by atoms with Gasteiger partial charge in [0.15, 0.2) is 0 Å². The number of hydrogen-bond acceptors (Lipinski definition) is 3. The van der Waals surface area contributed by atoms with Crippen molar-refractivity contribution in [3.8, 4) is 0 Å². The zero-order valence-corrected chi connectivity index (χ0v) is 14.4. The van der Waals surface area contributed by atoms with Gasteiger partial charge in [0.2, 0.25) is 5.91 Å². The van der Waals surface area contributed by atoms with Crippen LogP contribution < -0.4 is 15.5 Å². The summed E-state index contributed by atoms with van der Waals surface area (Å²) in [5, 5.41) is 6.19. The maximum atomic E-state index is 12.2. The first-order valence-corrected chi connectivity index (χ1v) is 8.58. The molecule has 1 aliphatic rings. The molecule has 0 aliphatic carbocycles. The van der Waals surface area contributed by atoms with Gasteiger partial charge in [-0.3, -0.25) is 4.79 Å². The van der Waals surface area contributed by atoms with Gasteiger partial charge in [0.25, 0.3) is 0 Å². The number of benzene rings is 2. The normalized spacial score (nSPS) is 13.8. The fourth-order valence-corrected chi connectivity index (χ4v) is 3.20. The Labute approximate surface area is 143 Å². The lowest BCUT2D eigenvalue weighted by Crippen LogP contribution is -2.22. The fourth-order valence-electron chi connectivity index (χ4n) is 3.20. The van der Waals surface area contributed by atoms with Gasteiger partial charge in [-0.15, -0.1) is 0 Å². The third-order valence-electron chi connectivity index (χ3n) is 4.53. The predicted molar refractivity (Wildman–Crippen MR) is 101 cm³/mol. The molecule has 1 heterocycles. The molecule has 2 N–H and O–H groups in total. The summed E-state index contributed by atoms with van der Waals surface area (Å²) in [5.74, 6) is -0.0356. The molecule has 0 atom stereocenters. The topological polar surface area (TPSA) is 44.4 Å². The Balaban J connectivity index is 1.55. The van der Waals surface area contributed by atoms with E-state index >= 15 is 0 Å². The van der Waals surface area contributed by atoms with Crippen LogP contribution in [0.3, 0.4) is 0 Å². The van der Waals surface area contributed by atoms with Crippen LogP contribution >= 0.6 is 0 Å². The summed E-state index contributed by atoms with van der Waals surface area (Å²) in [6.07, 6.45) is 2.53. The van der Waals surface area contributed by atoms with Gasteiger partial charge in [-0.2, -0.15) is 0 Å². The zero-order valence-electron chi connectivity index (χ0n) is 14.4.